The lowest BCUT2D eigenvalue weighted by molar-refractivity contribution is 0.0952. The number of ether oxygens (including phenoxy) is 1. The van der Waals surface area contributed by atoms with Crippen LogP contribution >= 0.6 is 0 Å². The number of aryl methyl sites for hydroxylation is 1. The Balaban J connectivity index is 2.28. The molecule has 0 aliphatic carbocycles. The van der Waals surface area contributed by atoms with Crippen molar-refractivity contribution in [2.24, 2.45) is 5.92 Å². The predicted octanol–water partition coefficient (Wildman–Crippen LogP) is 3.60. The third-order valence-electron chi connectivity index (χ3n) is 4.54. The molecule has 1 N–H and O–H groups in total. The van der Waals surface area contributed by atoms with Gasteiger partial charge in [0.2, 0.25) is 0 Å². The smallest absolute Gasteiger partial charge is 0.264 e. The number of amides is 1. The van der Waals surface area contributed by atoms with E-state index in [9.17, 15) is 13.2 Å². The number of anilines is 1. The van der Waals surface area contributed by atoms with Crippen molar-refractivity contribution in [3.8, 4) is 5.75 Å². The van der Waals surface area contributed by atoms with Gasteiger partial charge < -0.3 is 10.1 Å². The molecule has 0 saturated heterocycles. The van der Waals surface area contributed by atoms with E-state index in [2.05, 4.69) is 19.2 Å². The molecule has 6 nitrogen and oxygen atoms in total. The Morgan fingerprint density at radius 3 is 2.36 bits per heavy atom. The normalized spacial score (nSPS) is 11.4. The number of hydrogen-bond donors (Lipinski definition) is 1. The van der Waals surface area contributed by atoms with Gasteiger partial charge in [-0.1, -0.05) is 19.9 Å². The molecule has 0 unspecified atom stereocenters. The number of carbonyl (C=O) groups is 1. The first-order valence-electron chi connectivity index (χ1n) is 9.18. The van der Waals surface area contributed by atoms with Crippen molar-refractivity contribution in [1.82, 2.24) is 5.32 Å². The average Bonchev–Trinajstić information content (AvgIpc) is 2.67. The zero-order valence-electron chi connectivity index (χ0n) is 17.0. The minimum atomic E-state index is -3.76. The first-order chi connectivity index (χ1) is 13.2. The highest BCUT2D eigenvalue weighted by Crippen LogP contribution is 2.27. The minimum absolute atomic E-state index is 0.155. The first-order valence-corrected chi connectivity index (χ1v) is 10.6. The Labute approximate surface area is 167 Å². The van der Waals surface area contributed by atoms with Crippen molar-refractivity contribution in [3.05, 3.63) is 53.6 Å². The molecule has 0 saturated carbocycles. The number of hydrogen-bond acceptors (Lipinski definition) is 4. The summed E-state index contributed by atoms with van der Waals surface area (Å²) in [5, 5.41) is 2.88. The summed E-state index contributed by atoms with van der Waals surface area (Å²) in [6, 6.07) is 11.3. The van der Waals surface area contributed by atoms with Crippen molar-refractivity contribution in [2.45, 2.75) is 32.1 Å². The van der Waals surface area contributed by atoms with E-state index in [0.29, 0.717) is 29.5 Å². The molecule has 0 fully saturated rings. The monoisotopic (exact) mass is 404 g/mol. The molecule has 0 aromatic heterocycles. The molecule has 152 valence electrons. The Hall–Kier alpha value is -2.54. The Morgan fingerprint density at radius 1 is 1.14 bits per heavy atom. The van der Waals surface area contributed by atoms with Crippen LogP contribution in [0, 0.1) is 12.8 Å². The van der Waals surface area contributed by atoms with Gasteiger partial charge in [0, 0.05) is 19.2 Å². The van der Waals surface area contributed by atoms with Gasteiger partial charge in [-0.3, -0.25) is 9.10 Å². The predicted molar refractivity (Wildman–Crippen MR) is 112 cm³/mol. The van der Waals surface area contributed by atoms with Crippen molar-refractivity contribution in [2.75, 3.05) is 25.0 Å². The topological polar surface area (TPSA) is 75.7 Å². The van der Waals surface area contributed by atoms with Gasteiger partial charge in [0.15, 0.2) is 0 Å². The average molecular weight is 405 g/mol. The van der Waals surface area contributed by atoms with Crippen LogP contribution in [-0.2, 0) is 10.0 Å². The summed E-state index contributed by atoms with van der Waals surface area (Å²) in [5.74, 6) is 0.865. The van der Waals surface area contributed by atoms with Crippen molar-refractivity contribution in [1.29, 1.82) is 0 Å². The van der Waals surface area contributed by atoms with Crippen LogP contribution in [0.5, 0.6) is 5.75 Å². The summed E-state index contributed by atoms with van der Waals surface area (Å²) in [6.45, 7) is 6.58. The second-order valence-corrected chi connectivity index (χ2v) is 9.06. The lowest BCUT2D eigenvalue weighted by Crippen LogP contribution is -2.29. The van der Waals surface area contributed by atoms with Crippen molar-refractivity contribution < 1.29 is 17.9 Å². The Morgan fingerprint density at radius 2 is 1.79 bits per heavy atom. The number of nitrogens with zero attached hydrogens (tertiary/aromatic N) is 1. The zero-order chi connectivity index (χ0) is 20.9. The first kappa shape index (κ1) is 21.8. The van der Waals surface area contributed by atoms with Gasteiger partial charge >= 0.3 is 0 Å². The van der Waals surface area contributed by atoms with Crippen LogP contribution in [0.25, 0.3) is 0 Å². The molecule has 0 aliphatic heterocycles. The van der Waals surface area contributed by atoms with Crippen LogP contribution in [0.2, 0.25) is 0 Å². The van der Waals surface area contributed by atoms with E-state index in [0.717, 1.165) is 12.0 Å². The molecular formula is C21H28N2O4S. The van der Waals surface area contributed by atoms with Gasteiger partial charge in [-0.25, -0.2) is 8.42 Å². The van der Waals surface area contributed by atoms with Gasteiger partial charge in [-0.2, -0.15) is 0 Å². The fourth-order valence-electron chi connectivity index (χ4n) is 2.70. The quantitative estimate of drug-likeness (QED) is 0.729. The molecule has 2 aromatic carbocycles. The fourth-order valence-corrected chi connectivity index (χ4v) is 3.95. The van der Waals surface area contributed by atoms with Crippen LogP contribution in [0.15, 0.2) is 47.4 Å². The highest BCUT2D eigenvalue weighted by molar-refractivity contribution is 7.92. The number of rotatable bonds is 8. The van der Waals surface area contributed by atoms with Crippen molar-refractivity contribution in [3.63, 3.8) is 0 Å². The summed E-state index contributed by atoms with van der Waals surface area (Å²) in [6.07, 6.45) is 0.885. The second kappa shape index (κ2) is 9.10. The number of nitrogens with one attached hydrogen (secondary N) is 1. The lowest BCUT2D eigenvalue weighted by Gasteiger charge is -2.22. The molecule has 2 rings (SSSR count). The SMILES string of the molecule is COc1ccc(S(=O)(=O)N(C)c2cc(C(=O)NCCC(C)C)ccc2C)cc1. The van der Waals surface area contributed by atoms with E-state index in [1.807, 2.05) is 6.92 Å². The van der Waals surface area contributed by atoms with E-state index >= 15 is 0 Å². The van der Waals surface area contributed by atoms with Gasteiger partial charge in [0.05, 0.1) is 17.7 Å². The number of methoxy groups -OCH3 is 1. The summed E-state index contributed by atoms with van der Waals surface area (Å²) in [5.41, 5.74) is 1.66. The third-order valence-corrected chi connectivity index (χ3v) is 6.32. The molecule has 1 amide bonds. The van der Waals surface area contributed by atoms with E-state index in [4.69, 9.17) is 4.74 Å². The molecule has 0 spiro atoms. The van der Waals surface area contributed by atoms with E-state index in [1.165, 1.54) is 30.6 Å². The third kappa shape index (κ3) is 5.04. The molecule has 0 heterocycles. The summed E-state index contributed by atoms with van der Waals surface area (Å²) in [7, 11) is -0.751. The van der Waals surface area contributed by atoms with E-state index < -0.39 is 10.0 Å². The van der Waals surface area contributed by atoms with Crippen LogP contribution in [0.4, 0.5) is 5.69 Å². The molecule has 2 aromatic rings. The number of benzene rings is 2. The summed E-state index contributed by atoms with van der Waals surface area (Å²) >= 11 is 0. The fraction of sp³-hybridized carbons (Fsp3) is 0.381. The van der Waals surface area contributed by atoms with Gasteiger partial charge in [0.1, 0.15) is 5.75 Å². The van der Waals surface area contributed by atoms with Crippen LogP contribution in [0.3, 0.4) is 0 Å². The lowest BCUT2D eigenvalue weighted by atomic mass is 10.1. The molecule has 0 bridgehead atoms. The van der Waals surface area contributed by atoms with Crippen LogP contribution in [0.1, 0.15) is 36.2 Å². The van der Waals surface area contributed by atoms with Crippen molar-refractivity contribution >= 4 is 21.6 Å². The Kier molecular flexibility index (Phi) is 7.07. The molecule has 0 radical (unpaired) electrons. The summed E-state index contributed by atoms with van der Waals surface area (Å²) < 4.78 is 32.3. The van der Waals surface area contributed by atoms with Gasteiger partial charge in [-0.15, -0.1) is 0 Å². The number of sulfonamides is 1. The maximum absolute atomic E-state index is 13.0. The zero-order valence-corrected chi connectivity index (χ0v) is 17.8. The largest absolute Gasteiger partial charge is 0.497 e. The van der Waals surface area contributed by atoms with Crippen LogP contribution < -0.4 is 14.4 Å². The molecule has 0 atom stereocenters. The summed E-state index contributed by atoms with van der Waals surface area (Å²) in [4.78, 5) is 12.6. The standard InChI is InChI=1S/C21H28N2O4S/c1-15(2)12-13-22-21(24)17-7-6-16(3)20(14-17)23(4)28(25,26)19-10-8-18(27-5)9-11-19/h6-11,14-15H,12-13H2,1-5H3,(H,22,24). The maximum atomic E-state index is 13.0. The second-order valence-electron chi connectivity index (χ2n) is 7.09. The number of carbonyl (C=O) groups excluding carboxylic acids is 1. The van der Waals surface area contributed by atoms with Gasteiger partial charge in [-0.05, 0) is 61.2 Å². The van der Waals surface area contributed by atoms with Crippen LogP contribution in [-0.4, -0.2) is 35.0 Å². The highest BCUT2D eigenvalue weighted by atomic mass is 32.2. The van der Waals surface area contributed by atoms with Gasteiger partial charge in [0.25, 0.3) is 15.9 Å². The molecule has 0 aliphatic rings. The molecule has 28 heavy (non-hydrogen) atoms. The maximum Gasteiger partial charge on any atom is 0.264 e. The Bertz CT molecular complexity index is 922. The van der Waals surface area contributed by atoms with E-state index in [1.54, 1.807) is 30.3 Å². The highest BCUT2D eigenvalue weighted by Gasteiger charge is 2.23. The van der Waals surface area contributed by atoms with E-state index in [-0.39, 0.29) is 10.8 Å². The molecular weight excluding hydrogens is 376 g/mol. The molecule has 7 heteroatoms. The minimum Gasteiger partial charge on any atom is -0.497 e.